The molecule has 7 fully saturated rings. The summed E-state index contributed by atoms with van der Waals surface area (Å²) in [7, 11) is 1.39. The van der Waals surface area contributed by atoms with Gasteiger partial charge in [0.2, 0.25) is 0 Å². The molecule has 26 heavy (non-hydrogen) atoms. The molecule has 0 spiro atoms. The number of carbonyl (C=O) groups is 3. The number of Topliss-reactive ketones (excluding diaryl/α,β-unsaturated/α-hetero) is 1. The lowest BCUT2D eigenvalue weighted by Crippen LogP contribution is -2.51. The number of hydrogen-bond acceptors (Lipinski definition) is 5. The molecule has 134 valence electrons. The predicted molar refractivity (Wildman–Crippen MR) is 88.2 cm³/mol. The lowest BCUT2D eigenvalue weighted by molar-refractivity contribution is -0.173. The van der Waals surface area contributed by atoms with Crippen LogP contribution in [0.3, 0.4) is 0 Å². The van der Waals surface area contributed by atoms with Crippen LogP contribution < -0.4 is 0 Å². The van der Waals surface area contributed by atoms with Crippen LogP contribution in [0.1, 0.15) is 5.56 Å². The summed E-state index contributed by atoms with van der Waals surface area (Å²) >= 11 is 0. The molecule has 7 aliphatic rings. The summed E-state index contributed by atoms with van der Waals surface area (Å²) < 4.78 is 10.7. The molecule has 0 aliphatic heterocycles. The highest BCUT2D eigenvalue weighted by Gasteiger charge is 2.89. The van der Waals surface area contributed by atoms with Gasteiger partial charge in [-0.15, -0.1) is 0 Å². The molecule has 7 saturated carbocycles. The van der Waals surface area contributed by atoms with E-state index < -0.39 is 11.8 Å². The van der Waals surface area contributed by atoms with Crippen LogP contribution in [0.4, 0.5) is 0 Å². The Morgan fingerprint density at radius 1 is 0.846 bits per heavy atom. The van der Waals surface area contributed by atoms with Crippen molar-refractivity contribution in [1.29, 1.82) is 0 Å². The Morgan fingerprint density at radius 3 is 1.92 bits per heavy atom. The van der Waals surface area contributed by atoms with Gasteiger partial charge in [0.05, 0.1) is 18.9 Å². The monoisotopic (exact) mass is 352 g/mol. The van der Waals surface area contributed by atoms with Crippen molar-refractivity contribution >= 4 is 17.7 Å². The number of benzene rings is 1. The van der Waals surface area contributed by atoms with E-state index in [-0.39, 0.29) is 42.2 Å². The van der Waals surface area contributed by atoms with Gasteiger partial charge in [-0.2, -0.15) is 0 Å². The molecule has 1 aromatic rings. The van der Waals surface area contributed by atoms with Gasteiger partial charge in [-0.1, -0.05) is 30.3 Å². The smallest absolute Gasteiger partial charge is 0.310 e. The number of carbonyl (C=O) groups excluding carboxylic acids is 3. The van der Waals surface area contributed by atoms with Crippen molar-refractivity contribution in [3.05, 3.63) is 35.9 Å². The van der Waals surface area contributed by atoms with Gasteiger partial charge in [0, 0.05) is 11.8 Å². The van der Waals surface area contributed by atoms with E-state index in [1.54, 1.807) is 0 Å². The Kier molecular flexibility index (Phi) is 2.73. The van der Waals surface area contributed by atoms with E-state index in [0.717, 1.165) is 5.56 Å². The maximum Gasteiger partial charge on any atom is 0.310 e. The van der Waals surface area contributed by atoms with Gasteiger partial charge in [0.25, 0.3) is 0 Å². The lowest BCUT2D eigenvalue weighted by Gasteiger charge is -2.44. The van der Waals surface area contributed by atoms with Crippen LogP contribution in [-0.2, 0) is 30.5 Å². The minimum Gasteiger partial charge on any atom is -0.469 e. The van der Waals surface area contributed by atoms with Crippen molar-refractivity contribution in [2.24, 2.45) is 59.2 Å². The third kappa shape index (κ3) is 1.60. The second-order valence-corrected chi connectivity index (χ2v) is 8.59. The molecule has 0 N–H and O–H groups in total. The summed E-state index contributed by atoms with van der Waals surface area (Å²) in [6.45, 7) is 0.218. The maximum atomic E-state index is 13.0. The highest BCUT2D eigenvalue weighted by molar-refractivity contribution is 5.96. The van der Waals surface area contributed by atoms with Gasteiger partial charge >= 0.3 is 11.9 Å². The summed E-state index contributed by atoms with van der Waals surface area (Å²) in [4.78, 5) is 38.0. The van der Waals surface area contributed by atoms with Gasteiger partial charge < -0.3 is 9.47 Å². The third-order valence-electron chi connectivity index (χ3n) is 7.89. The first kappa shape index (κ1) is 14.9. The van der Waals surface area contributed by atoms with Crippen LogP contribution in [0, 0.1) is 59.2 Å². The van der Waals surface area contributed by atoms with Crippen LogP contribution >= 0.6 is 0 Å². The van der Waals surface area contributed by atoms with E-state index in [2.05, 4.69) is 0 Å². The molecule has 8 atom stereocenters. The number of ketones is 1. The SMILES string of the molecule is COC(=O)[C@@H]1C2C3C4C(=O)C5C2C5C(C43)[C@@H]1C(=O)OCc1ccccc1. The number of fused-ring (bicyclic) bond motifs is 1. The molecule has 6 unspecified atom stereocenters. The number of methoxy groups -OCH3 is 1. The summed E-state index contributed by atoms with van der Waals surface area (Å²) in [5, 5.41) is 0. The summed E-state index contributed by atoms with van der Waals surface area (Å²) in [6, 6.07) is 9.57. The van der Waals surface area contributed by atoms with Gasteiger partial charge in [0.1, 0.15) is 12.4 Å². The standard InChI is InChI=1S/C21H20O5/c1-25-20(23)17-13-9-11-14(12-10(13)16(12)19(22)15(9)11)18(17)21(24)26-7-8-5-3-2-4-6-8/h2-6,9-18H,7H2,1H3/t9?,10?,11?,12?,13?,14?,15?,16?,17-,18+/m1/s1. The molecule has 0 saturated heterocycles. The maximum absolute atomic E-state index is 13.0. The second kappa shape index (κ2) is 4.76. The zero-order chi connectivity index (χ0) is 17.7. The fourth-order valence-corrected chi connectivity index (χ4v) is 7.20. The normalized spacial score (nSPS) is 48.0. The van der Waals surface area contributed by atoms with E-state index in [4.69, 9.17) is 9.47 Å². The van der Waals surface area contributed by atoms with Crippen molar-refractivity contribution < 1.29 is 23.9 Å². The van der Waals surface area contributed by atoms with Gasteiger partial charge in [0.15, 0.2) is 0 Å². The molecule has 1 aromatic carbocycles. The molecular weight excluding hydrogens is 332 g/mol. The molecule has 0 radical (unpaired) electrons. The number of rotatable bonds is 4. The topological polar surface area (TPSA) is 69.7 Å². The first-order chi connectivity index (χ1) is 12.6. The van der Waals surface area contributed by atoms with Crippen LogP contribution in [0.15, 0.2) is 30.3 Å². The predicted octanol–water partition coefficient (Wildman–Crippen LogP) is 1.70. The fraction of sp³-hybridized carbons (Fsp3) is 0.571. The van der Waals surface area contributed by atoms with Crippen molar-refractivity contribution in [1.82, 2.24) is 0 Å². The first-order valence-electron chi connectivity index (χ1n) is 9.47. The average Bonchev–Trinajstić information content (AvgIpc) is 3.57. The minimum absolute atomic E-state index is 0.101. The molecule has 8 bridgehead atoms. The highest BCUT2D eigenvalue weighted by Crippen LogP contribution is 2.86. The molecule has 0 aromatic heterocycles. The zero-order valence-electron chi connectivity index (χ0n) is 14.4. The Morgan fingerprint density at radius 2 is 1.38 bits per heavy atom. The molecule has 0 amide bonds. The Hall–Kier alpha value is -2.17. The van der Waals surface area contributed by atoms with E-state index in [0.29, 0.717) is 29.5 Å². The first-order valence-corrected chi connectivity index (χ1v) is 9.47. The third-order valence-corrected chi connectivity index (χ3v) is 7.89. The highest BCUT2D eigenvalue weighted by atomic mass is 16.5. The van der Waals surface area contributed by atoms with Crippen LogP contribution in [0.25, 0.3) is 0 Å². The molecular formula is C21H20O5. The summed E-state index contributed by atoms with van der Waals surface area (Å²) in [6.07, 6.45) is 0. The lowest BCUT2D eigenvalue weighted by atomic mass is 9.58. The number of hydrogen-bond donors (Lipinski definition) is 0. The summed E-state index contributed by atoms with van der Waals surface area (Å²) in [5.74, 6) is 0.665. The molecule has 8 rings (SSSR count). The number of ether oxygens (including phenoxy) is 2. The van der Waals surface area contributed by atoms with Crippen molar-refractivity contribution in [2.45, 2.75) is 6.61 Å². The molecule has 0 heterocycles. The van der Waals surface area contributed by atoms with Crippen LogP contribution in [-0.4, -0.2) is 24.8 Å². The molecule has 5 nitrogen and oxygen atoms in total. The Labute approximate surface area is 151 Å². The second-order valence-electron chi connectivity index (χ2n) is 8.59. The van der Waals surface area contributed by atoms with Crippen LogP contribution in [0.5, 0.6) is 0 Å². The quantitative estimate of drug-likeness (QED) is 0.772. The summed E-state index contributed by atoms with van der Waals surface area (Å²) in [5.41, 5.74) is 0.933. The van der Waals surface area contributed by atoms with Crippen LogP contribution in [0.2, 0.25) is 0 Å². The molecule has 5 heteroatoms. The van der Waals surface area contributed by atoms with E-state index in [1.165, 1.54) is 7.11 Å². The Balaban J connectivity index is 1.30. The average molecular weight is 352 g/mol. The molecule has 7 aliphatic carbocycles. The van der Waals surface area contributed by atoms with Crippen molar-refractivity contribution in [3.8, 4) is 0 Å². The van der Waals surface area contributed by atoms with Crippen molar-refractivity contribution in [2.75, 3.05) is 7.11 Å². The minimum atomic E-state index is -0.443. The van der Waals surface area contributed by atoms with Gasteiger partial charge in [-0.25, -0.2) is 0 Å². The largest absolute Gasteiger partial charge is 0.469 e. The van der Waals surface area contributed by atoms with Gasteiger partial charge in [-0.3, -0.25) is 14.4 Å². The van der Waals surface area contributed by atoms with E-state index in [9.17, 15) is 14.4 Å². The van der Waals surface area contributed by atoms with Gasteiger partial charge in [-0.05, 0) is 41.1 Å². The fourth-order valence-electron chi connectivity index (χ4n) is 7.20. The Bertz CT molecular complexity index is 806. The van der Waals surface area contributed by atoms with E-state index in [1.807, 2.05) is 30.3 Å². The zero-order valence-corrected chi connectivity index (χ0v) is 14.4. The van der Waals surface area contributed by atoms with Crippen molar-refractivity contribution in [3.63, 3.8) is 0 Å². The number of esters is 2. The van der Waals surface area contributed by atoms with E-state index >= 15 is 0 Å².